The summed E-state index contributed by atoms with van der Waals surface area (Å²) in [6, 6.07) is 9.08. The number of ether oxygens (including phenoxy) is 1. The molecular weight excluding hydrogens is 501 g/mol. The fourth-order valence-corrected chi connectivity index (χ4v) is 4.69. The van der Waals surface area contributed by atoms with Crippen LogP contribution in [0.5, 0.6) is 0 Å². The number of likely N-dealkylation sites (tertiary alicyclic amines) is 1. The number of carbonyl (C=O) groups excluding carboxylic acids is 2. The van der Waals surface area contributed by atoms with Crippen molar-refractivity contribution in [2.45, 2.75) is 45.3 Å². The molecule has 0 radical (unpaired) electrons. The van der Waals surface area contributed by atoms with Gasteiger partial charge < -0.3 is 9.64 Å². The maximum Gasteiger partial charge on any atom is 0.410 e. The van der Waals surface area contributed by atoms with Crippen molar-refractivity contribution in [2.24, 2.45) is 7.05 Å². The molecule has 0 saturated carbocycles. The average molecular weight is 532 g/mol. The molecule has 2 amide bonds. The standard InChI is InChI=1S/C28H30FN7O3/c1-28(2,3)39-27(38)35-13-5-6-21(16-35)36(25-22-9-8-20(29)14-18(22)11-12-30-25)26(37)23-10-7-19(15-31-23)24-17-34(4)33-32-24/h7-12,14-15,17,21H,5-6,13,16H2,1-4H3/t21-/m1/s1. The van der Waals surface area contributed by atoms with Crippen molar-refractivity contribution < 1.29 is 18.7 Å². The number of aryl methyl sites for hydroxylation is 1. The number of hydrogen-bond donors (Lipinski definition) is 0. The van der Waals surface area contributed by atoms with Crippen LogP contribution in [0, 0.1) is 5.82 Å². The third kappa shape index (κ3) is 5.71. The Kier molecular flexibility index (Phi) is 6.98. The quantitative estimate of drug-likeness (QED) is 0.379. The van der Waals surface area contributed by atoms with Gasteiger partial charge in [-0.3, -0.25) is 19.4 Å². The number of nitrogens with zero attached hydrogens (tertiary/aromatic N) is 7. The molecule has 11 heteroatoms. The van der Waals surface area contributed by atoms with E-state index in [9.17, 15) is 14.0 Å². The first-order chi connectivity index (χ1) is 18.6. The second-order valence-electron chi connectivity index (χ2n) is 10.6. The Labute approximate surface area is 225 Å². The molecule has 5 rings (SSSR count). The van der Waals surface area contributed by atoms with Gasteiger partial charge >= 0.3 is 6.09 Å². The predicted octanol–water partition coefficient (Wildman–Crippen LogP) is 4.61. The van der Waals surface area contributed by atoms with Crippen LogP contribution in [-0.4, -0.2) is 66.6 Å². The Morgan fingerprint density at radius 2 is 1.95 bits per heavy atom. The Bertz CT molecular complexity index is 1510. The number of rotatable bonds is 4. The molecule has 0 spiro atoms. The van der Waals surface area contributed by atoms with E-state index in [1.165, 1.54) is 12.1 Å². The number of anilines is 1. The Balaban J connectivity index is 1.52. The third-order valence-electron chi connectivity index (χ3n) is 6.45. The second kappa shape index (κ2) is 10.4. The summed E-state index contributed by atoms with van der Waals surface area (Å²) in [5.41, 5.74) is 0.922. The third-order valence-corrected chi connectivity index (χ3v) is 6.45. The minimum atomic E-state index is -0.643. The summed E-state index contributed by atoms with van der Waals surface area (Å²) in [5, 5.41) is 9.28. The minimum absolute atomic E-state index is 0.206. The first kappa shape index (κ1) is 26.2. The van der Waals surface area contributed by atoms with Gasteiger partial charge in [0.05, 0.1) is 12.2 Å². The summed E-state index contributed by atoms with van der Waals surface area (Å²) in [4.78, 5) is 39.2. The molecule has 1 aromatic carbocycles. The number of fused-ring (bicyclic) bond motifs is 1. The molecule has 4 aromatic rings. The summed E-state index contributed by atoms with van der Waals surface area (Å²) >= 11 is 0. The molecule has 202 valence electrons. The zero-order valence-corrected chi connectivity index (χ0v) is 22.3. The molecule has 10 nitrogen and oxygen atoms in total. The lowest BCUT2D eigenvalue weighted by molar-refractivity contribution is 0.0196. The van der Waals surface area contributed by atoms with Crippen molar-refractivity contribution in [2.75, 3.05) is 18.0 Å². The topological polar surface area (TPSA) is 106 Å². The highest BCUT2D eigenvalue weighted by molar-refractivity contribution is 6.09. The zero-order valence-electron chi connectivity index (χ0n) is 22.3. The lowest BCUT2D eigenvalue weighted by Gasteiger charge is -2.39. The molecule has 0 unspecified atom stereocenters. The summed E-state index contributed by atoms with van der Waals surface area (Å²) < 4.78 is 21.2. The van der Waals surface area contributed by atoms with Crippen molar-refractivity contribution in [1.82, 2.24) is 29.9 Å². The first-order valence-corrected chi connectivity index (χ1v) is 12.8. The molecule has 3 aromatic heterocycles. The molecule has 1 aliphatic rings. The molecule has 0 bridgehead atoms. The van der Waals surface area contributed by atoms with E-state index in [0.29, 0.717) is 41.7 Å². The van der Waals surface area contributed by atoms with Crippen LogP contribution in [0.4, 0.5) is 15.0 Å². The van der Waals surface area contributed by atoms with Crippen molar-refractivity contribution in [3.05, 3.63) is 66.5 Å². The van der Waals surface area contributed by atoms with E-state index in [4.69, 9.17) is 4.74 Å². The molecule has 0 aliphatic carbocycles. The largest absolute Gasteiger partial charge is 0.444 e. The molecule has 0 N–H and O–H groups in total. The fourth-order valence-electron chi connectivity index (χ4n) is 4.69. The van der Waals surface area contributed by atoms with E-state index < -0.39 is 17.7 Å². The van der Waals surface area contributed by atoms with Gasteiger partial charge in [0.1, 0.15) is 28.6 Å². The van der Waals surface area contributed by atoms with E-state index in [-0.39, 0.29) is 24.0 Å². The zero-order chi connectivity index (χ0) is 27.7. The van der Waals surface area contributed by atoms with Gasteiger partial charge in [0, 0.05) is 43.5 Å². The second-order valence-corrected chi connectivity index (χ2v) is 10.6. The summed E-state index contributed by atoms with van der Waals surface area (Å²) in [6.07, 6.45) is 5.77. The Morgan fingerprint density at radius 3 is 2.64 bits per heavy atom. The molecule has 1 saturated heterocycles. The smallest absolute Gasteiger partial charge is 0.410 e. The van der Waals surface area contributed by atoms with Crippen molar-refractivity contribution in [3.8, 4) is 11.3 Å². The molecule has 1 aliphatic heterocycles. The van der Waals surface area contributed by atoms with Crippen molar-refractivity contribution in [1.29, 1.82) is 0 Å². The summed E-state index contributed by atoms with van der Waals surface area (Å²) in [7, 11) is 1.77. The van der Waals surface area contributed by atoms with Crippen LogP contribution in [0.1, 0.15) is 44.1 Å². The monoisotopic (exact) mass is 531 g/mol. The van der Waals surface area contributed by atoms with Gasteiger partial charge in [-0.25, -0.2) is 14.2 Å². The van der Waals surface area contributed by atoms with E-state index in [2.05, 4.69) is 20.3 Å². The molecule has 4 heterocycles. The number of pyridine rings is 2. The predicted molar refractivity (Wildman–Crippen MR) is 144 cm³/mol. The van der Waals surface area contributed by atoms with Gasteiger partial charge in [-0.2, -0.15) is 0 Å². The van der Waals surface area contributed by atoms with Crippen LogP contribution in [0.3, 0.4) is 0 Å². The van der Waals surface area contributed by atoms with Gasteiger partial charge in [-0.15, -0.1) is 5.10 Å². The highest BCUT2D eigenvalue weighted by atomic mass is 19.1. The number of carbonyl (C=O) groups is 2. The van der Waals surface area contributed by atoms with Crippen LogP contribution in [-0.2, 0) is 11.8 Å². The average Bonchev–Trinajstić information content (AvgIpc) is 3.34. The molecule has 39 heavy (non-hydrogen) atoms. The minimum Gasteiger partial charge on any atom is -0.444 e. The van der Waals surface area contributed by atoms with Crippen molar-refractivity contribution in [3.63, 3.8) is 0 Å². The van der Waals surface area contributed by atoms with Crippen molar-refractivity contribution >= 4 is 28.6 Å². The molecule has 1 fully saturated rings. The van der Waals surface area contributed by atoms with E-state index in [1.54, 1.807) is 64.4 Å². The maximum atomic E-state index is 14.1. The number of benzene rings is 1. The highest BCUT2D eigenvalue weighted by Crippen LogP contribution is 2.31. The molecular formula is C28H30FN7O3. The summed E-state index contributed by atoms with van der Waals surface area (Å²) in [6.45, 7) is 6.23. The number of amides is 2. The van der Waals surface area contributed by atoms with E-state index in [1.807, 2.05) is 20.8 Å². The number of hydrogen-bond acceptors (Lipinski definition) is 7. The Hall–Kier alpha value is -4.41. The lowest BCUT2D eigenvalue weighted by atomic mass is 10.0. The van der Waals surface area contributed by atoms with Gasteiger partial charge in [0.15, 0.2) is 0 Å². The fraction of sp³-hybridized carbons (Fsp3) is 0.357. The Morgan fingerprint density at radius 1 is 1.13 bits per heavy atom. The summed E-state index contributed by atoms with van der Waals surface area (Å²) in [5.74, 6) is -0.373. The van der Waals surface area contributed by atoms with E-state index in [0.717, 1.165) is 5.56 Å². The van der Waals surface area contributed by atoms with Crippen LogP contribution < -0.4 is 4.90 Å². The number of halogens is 1. The van der Waals surface area contributed by atoms with Crippen LogP contribution >= 0.6 is 0 Å². The van der Waals surface area contributed by atoms with Crippen LogP contribution in [0.15, 0.2) is 55.0 Å². The lowest BCUT2D eigenvalue weighted by Crippen LogP contribution is -2.53. The SMILES string of the molecule is Cn1cc(-c2ccc(C(=O)N(c3nccc4cc(F)ccc34)[C@@H]3CCCN(C(=O)OC(C)(C)C)C3)nc2)nn1. The van der Waals surface area contributed by atoms with Gasteiger partial charge in [-0.05, 0) is 75.4 Å². The van der Waals surface area contributed by atoms with Crippen LogP contribution in [0.25, 0.3) is 22.0 Å². The first-order valence-electron chi connectivity index (χ1n) is 12.8. The van der Waals surface area contributed by atoms with E-state index >= 15 is 0 Å². The van der Waals surface area contributed by atoms with Crippen LogP contribution in [0.2, 0.25) is 0 Å². The molecule has 1 atom stereocenters. The maximum absolute atomic E-state index is 14.1. The number of piperidine rings is 1. The van der Waals surface area contributed by atoms with Gasteiger partial charge in [0.25, 0.3) is 5.91 Å². The van der Waals surface area contributed by atoms with Gasteiger partial charge in [-0.1, -0.05) is 5.21 Å². The highest BCUT2D eigenvalue weighted by Gasteiger charge is 2.35. The van der Waals surface area contributed by atoms with Gasteiger partial charge in [0.2, 0.25) is 0 Å². The number of aromatic nitrogens is 5. The normalized spacial score (nSPS) is 15.8.